The predicted octanol–water partition coefficient (Wildman–Crippen LogP) is 0.921. The van der Waals surface area contributed by atoms with Crippen LogP contribution in [0, 0.1) is 0 Å². The highest BCUT2D eigenvalue weighted by Crippen LogP contribution is 2.23. The van der Waals surface area contributed by atoms with Crippen LogP contribution in [-0.4, -0.2) is 70.6 Å². The largest absolute Gasteiger partial charge is 0.383 e. The standard InChI is InChI=1S/C18H24N6O3/c1-4-15(25)24-9-11(6-12(24)10-27-3)22-14-8-21-17-16(23-14)13(7-20-17)18(26)19-5-2/h4,7-8,11-12H,1,5-6,9-10H2,2-3H3,(H,19,26)(H,20,21)(H,22,23)/t11-,12-/m1/s1. The average molecular weight is 372 g/mol. The Balaban J connectivity index is 1.78. The van der Waals surface area contributed by atoms with E-state index in [0.717, 1.165) is 6.42 Å². The number of carbonyl (C=O) groups is 2. The lowest BCUT2D eigenvalue weighted by molar-refractivity contribution is -0.127. The van der Waals surface area contributed by atoms with Crippen molar-refractivity contribution in [3.8, 4) is 0 Å². The Kier molecular flexibility index (Phi) is 5.70. The molecule has 0 radical (unpaired) electrons. The van der Waals surface area contributed by atoms with Crippen molar-refractivity contribution in [1.82, 2.24) is 25.2 Å². The van der Waals surface area contributed by atoms with Crippen molar-refractivity contribution in [3.63, 3.8) is 0 Å². The Labute approximate surface area is 157 Å². The lowest BCUT2D eigenvalue weighted by atomic mass is 10.2. The fourth-order valence-corrected chi connectivity index (χ4v) is 3.36. The summed E-state index contributed by atoms with van der Waals surface area (Å²) in [6.45, 7) is 6.94. The first-order valence-corrected chi connectivity index (χ1v) is 8.88. The third-order valence-corrected chi connectivity index (χ3v) is 4.55. The van der Waals surface area contributed by atoms with Gasteiger partial charge >= 0.3 is 0 Å². The van der Waals surface area contributed by atoms with Crippen molar-refractivity contribution < 1.29 is 14.3 Å². The Morgan fingerprint density at radius 1 is 1.52 bits per heavy atom. The number of aromatic amines is 1. The molecule has 27 heavy (non-hydrogen) atoms. The molecule has 2 aromatic heterocycles. The van der Waals surface area contributed by atoms with Crippen molar-refractivity contribution in [3.05, 3.63) is 30.6 Å². The highest BCUT2D eigenvalue weighted by atomic mass is 16.5. The van der Waals surface area contributed by atoms with Crippen LogP contribution in [0.4, 0.5) is 5.82 Å². The topological polar surface area (TPSA) is 112 Å². The monoisotopic (exact) mass is 372 g/mol. The van der Waals surface area contributed by atoms with Crippen molar-refractivity contribution >= 4 is 28.8 Å². The number of aromatic nitrogens is 3. The molecule has 1 fully saturated rings. The van der Waals surface area contributed by atoms with Crippen LogP contribution < -0.4 is 10.6 Å². The highest BCUT2D eigenvalue weighted by molar-refractivity contribution is 6.04. The Morgan fingerprint density at radius 3 is 3.04 bits per heavy atom. The number of nitrogens with one attached hydrogen (secondary N) is 3. The number of amides is 2. The fourth-order valence-electron chi connectivity index (χ4n) is 3.36. The predicted molar refractivity (Wildman–Crippen MR) is 101 cm³/mol. The van der Waals surface area contributed by atoms with Gasteiger partial charge in [0, 0.05) is 32.4 Å². The minimum absolute atomic E-state index is 0.00709. The molecule has 0 spiro atoms. The molecule has 2 amide bonds. The van der Waals surface area contributed by atoms with E-state index in [2.05, 4.69) is 32.2 Å². The molecule has 1 saturated heterocycles. The van der Waals surface area contributed by atoms with Gasteiger partial charge in [-0.2, -0.15) is 0 Å². The van der Waals surface area contributed by atoms with Crippen LogP contribution in [0.3, 0.4) is 0 Å². The first-order valence-electron chi connectivity index (χ1n) is 8.88. The third kappa shape index (κ3) is 3.92. The van der Waals surface area contributed by atoms with Crippen molar-refractivity contribution in [1.29, 1.82) is 0 Å². The number of carbonyl (C=O) groups excluding carboxylic acids is 2. The van der Waals surface area contributed by atoms with E-state index in [1.54, 1.807) is 24.4 Å². The summed E-state index contributed by atoms with van der Waals surface area (Å²) in [5, 5.41) is 6.08. The molecule has 2 aromatic rings. The van der Waals surface area contributed by atoms with E-state index < -0.39 is 0 Å². The number of nitrogens with zero attached hydrogens (tertiary/aromatic N) is 3. The molecule has 9 nitrogen and oxygen atoms in total. The second-order valence-corrected chi connectivity index (χ2v) is 6.40. The molecular formula is C18H24N6O3. The van der Waals surface area contributed by atoms with Gasteiger partial charge in [0.05, 0.1) is 24.4 Å². The van der Waals surface area contributed by atoms with Gasteiger partial charge in [-0.1, -0.05) is 6.58 Å². The molecule has 1 aliphatic rings. The molecule has 144 valence electrons. The first-order chi connectivity index (χ1) is 13.1. The summed E-state index contributed by atoms with van der Waals surface area (Å²) in [5.41, 5.74) is 1.51. The molecule has 0 saturated carbocycles. The van der Waals surface area contributed by atoms with Crippen LogP contribution in [0.15, 0.2) is 25.0 Å². The van der Waals surface area contributed by atoms with Gasteiger partial charge in [-0.25, -0.2) is 9.97 Å². The molecule has 0 aromatic carbocycles. The fraction of sp³-hybridized carbons (Fsp3) is 0.444. The number of methoxy groups -OCH3 is 1. The van der Waals surface area contributed by atoms with E-state index in [0.29, 0.717) is 42.2 Å². The maximum Gasteiger partial charge on any atom is 0.255 e. The van der Waals surface area contributed by atoms with Crippen LogP contribution in [0.25, 0.3) is 11.2 Å². The van der Waals surface area contributed by atoms with E-state index in [1.165, 1.54) is 6.08 Å². The second-order valence-electron chi connectivity index (χ2n) is 6.40. The number of rotatable bonds is 7. The van der Waals surface area contributed by atoms with Gasteiger partial charge in [0.15, 0.2) is 5.65 Å². The smallest absolute Gasteiger partial charge is 0.255 e. The van der Waals surface area contributed by atoms with Crippen molar-refractivity contribution in [2.24, 2.45) is 0 Å². The van der Waals surface area contributed by atoms with E-state index in [9.17, 15) is 9.59 Å². The Morgan fingerprint density at radius 2 is 2.33 bits per heavy atom. The summed E-state index contributed by atoms with van der Waals surface area (Å²) >= 11 is 0. The number of ether oxygens (including phenoxy) is 1. The van der Waals surface area contributed by atoms with Crippen LogP contribution in [0.1, 0.15) is 23.7 Å². The van der Waals surface area contributed by atoms with E-state index in [4.69, 9.17) is 4.74 Å². The average Bonchev–Trinajstić information content (AvgIpc) is 3.25. The normalized spacial score (nSPS) is 19.3. The molecular weight excluding hydrogens is 348 g/mol. The number of hydrogen-bond acceptors (Lipinski definition) is 6. The van der Waals surface area contributed by atoms with Gasteiger partial charge in [-0.3, -0.25) is 9.59 Å². The third-order valence-electron chi connectivity index (χ3n) is 4.55. The van der Waals surface area contributed by atoms with E-state index in [1.807, 2.05) is 6.92 Å². The Hall–Kier alpha value is -2.94. The quantitative estimate of drug-likeness (QED) is 0.623. The van der Waals surface area contributed by atoms with Crippen LogP contribution in [0.2, 0.25) is 0 Å². The SMILES string of the molecule is C=CC(=O)N1C[C@H](Nc2cnc3[nH]cc(C(=O)NCC)c3n2)C[C@@H]1COC. The number of fused-ring (bicyclic) bond motifs is 1. The van der Waals surface area contributed by atoms with Gasteiger partial charge in [0.1, 0.15) is 11.3 Å². The maximum atomic E-state index is 12.2. The number of likely N-dealkylation sites (tertiary alicyclic amines) is 1. The zero-order valence-corrected chi connectivity index (χ0v) is 15.5. The van der Waals surface area contributed by atoms with E-state index in [-0.39, 0.29) is 23.9 Å². The summed E-state index contributed by atoms with van der Waals surface area (Å²) < 4.78 is 5.23. The van der Waals surface area contributed by atoms with Crippen LogP contribution in [-0.2, 0) is 9.53 Å². The molecule has 0 bridgehead atoms. The van der Waals surface area contributed by atoms with Crippen LogP contribution in [0.5, 0.6) is 0 Å². The summed E-state index contributed by atoms with van der Waals surface area (Å²) in [4.78, 5) is 37.8. The minimum atomic E-state index is -0.195. The summed E-state index contributed by atoms with van der Waals surface area (Å²) in [6, 6.07) is -0.0134. The molecule has 1 aliphatic heterocycles. The van der Waals surface area contributed by atoms with Crippen molar-refractivity contribution in [2.75, 3.05) is 32.1 Å². The lowest BCUT2D eigenvalue weighted by Gasteiger charge is -2.22. The zero-order chi connectivity index (χ0) is 19.4. The van der Waals surface area contributed by atoms with Gasteiger partial charge < -0.3 is 25.3 Å². The van der Waals surface area contributed by atoms with Gasteiger partial charge in [-0.05, 0) is 19.4 Å². The number of H-pyrrole nitrogens is 1. The highest BCUT2D eigenvalue weighted by Gasteiger charge is 2.34. The molecule has 3 N–H and O–H groups in total. The van der Waals surface area contributed by atoms with E-state index >= 15 is 0 Å². The molecule has 3 heterocycles. The zero-order valence-electron chi connectivity index (χ0n) is 15.5. The van der Waals surface area contributed by atoms with Gasteiger partial charge in [0.25, 0.3) is 5.91 Å². The van der Waals surface area contributed by atoms with Crippen LogP contribution >= 0.6 is 0 Å². The molecule has 3 rings (SSSR count). The van der Waals surface area contributed by atoms with Gasteiger partial charge in [-0.15, -0.1) is 0 Å². The van der Waals surface area contributed by atoms with Crippen molar-refractivity contribution in [2.45, 2.75) is 25.4 Å². The summed E-state index contributed by atoms with van der Waals surface area (Å²) in [5.74, 6) is 0.243. The molecule has 0 aliphatic carbocycles. The second kappa shape index (κ2) is 8.17. The minimum Gasteiger partial charge on any atom is -0.383 e. The number of hydrogen-bond donors (Lipinski definition) is 3. The summed E-state index contributed by atoms with van der Waals surface area (Å²) in [6.07, 6.45) is 5.26. The summed E-state index contributed by atoms with van der Waals surface area (Å²) in [7, 11) is 1.62. The first kappa shape index (κ1) is 18.8. The Bertz CT molecular complexity index is 849. The molecule has 0 unspecified atom stereocenters. The maximum absolute atomic E-state index is 12.2. The molecule has 9 heteroatoms. The molecule has 2 atom stereocenters. The number of anilines is 1. The lowest BCUT2D eigenvalue weighted by Crippen LogP contribution is -2.37. The van der Waals surface area contributed by atoms with Gasteiger partial charge in [0.2, 0.25) is 5.91 Å².